The maximum atomic E-state index is 14.0. The summed E-state index contributed by atoms with van der Waals surface area (Å²) in [7, 11) is 3.56. The molecule has 0 heterocycles. The molecule has 0 aliphatic rings. The van der Waals surface area contributed by atoms with Gasteiger partial charge in [-0.25, -0.2) is 4.39 Å². The Morgan fingerprint density at radius 2 is 1.95 bits per heavy atom. The van der Waals surface area contributed by atoms with Gasteiger partial charge in [-0.15, -0.1) is 0 Å². The molecule has 4 heteroatoms. The molecule has 0 saturated heterocycles. The van der Waals surface area contributed by atoms with Crippen LogP contribution in [0.5, 0.6) is 5.75 Å². The van der Waals surface area contributed by atoms with E-state index in [1.165, 1.54) is 6.07 Å². The fourth-order valence-electron chi connectivity index (χ4n) is 2.20. The first kappa shape index (κ1) is 16.9. The van der Waals surface area contributed by atoms with Crippen molar-refractivity contribution in [3.8, 4) is 5.75 Å². The van der Waals surface area contributed by atoms with Crippen LogP contribution in [0.15, 0.2) is 18.2 Å². The Hall–Kier alpha value is -1.13. The summed E-state index contributed by atoms with van der Waals surface area (Å²) >= 11 is 0. The van der Waals surface area contributed by atoms with E-state index in [2.05, 4.69) is 18.7 Å². The Labute approximate surface area is 121 Å². The molecule has 0 fully saturated rings. The molecule has 0 saturated carbocycles. The van der Waals surface area contributed by atoms with E-state index in [0.29, 0.717) is 17.2 Å². The van der Waals surface area contributed by atoms with Crippen LogP contribution in [-0.2, 0) is 0 Å². The third kappa shape index (κ3) is 4.18. The number of methoxy groups -OCH3 is 1. The number of hydrogen-bond donors (Lipinski definition) is 1. The minimum absolute atomic E-state index is 0.0505. The monoisotopic (exact) mass is 282 g/mol. The van der Waals surface area contributed by atoms with E-state index in [9.17, 15) is 4.39 Å². The SMILES string of the molecule is COc1cccc(F)c1C(C)N(C)CCC(N)C(C)C. The molecular formula is C16H27FN2O. The van der Waals surface area contributed by atoms with Crippen LogP contribution >= 0.6 is 0 Å². The summed E-state index contributed by atoms with van der Waals surface area (Å²) in [5.41, 5.74) is 6.67. The van der Waals surface area contributed by atoms with Gasteiger partial charge in [0.2, 0.25) is 0 Å². The number of hydrogen-bond acceptors (Lipinski definition) is 3. The van der Waals surface area contributed by atoms with Crippen LogP contribution in [0.1, 0.15) is 38.8 Å². The summed E-state index contributed by atoms with van der Waals surface area (Å²) in [6.07, 6.45) is 0.898. The Kier molecular flexibility index (Phi) is 6.43. The number of ether oxygens (including phenoxy) is 1. The van der Waals surface area contributed by atoms with Gasteiger partial charge in [0.15, 0.2) is 0 Å². The summed E-state index contributed by atoms with van der Waals surface area (Å²) < 4.78 is 19.3. The average molecular weight is 282 g/mol. The van der Waals surface area contributed by atoms with Gasteiger partial charge < -0.3 is 10.5 Å². The Morgan fingerprint density at radius 3 is 2.50 bits per heavy atom. The lowest BCUT2D eigenvalue weighted by atomic mass is 10.0. The van der Waals surface area contributed by atoms with E-state index >= 15 is 0 Å². The molecule has 0 amide bonds. The maximum Gasteiger partial charge on any atom is 0.131 e. The van der Waals surface area contributed by atoms with Crippen LogP contribution in [0.2, 0.25) is 0 Å². The first-order chi connectivity index (χ1) is 9.38. The van der Waals surface area contributed by atoms with Gasteiger partial charge in [0.25, 0.3) is 0 Å². The third-order valence-electron chi connectivity index (χ3n) is 3.98. The highest BCUT2D eigenvalue weighted by Crippen LogP contribution is 2.30. The molecule has 20 heavy (non-hydrogen) atoms. The van der Waals surface area contributed by atoms with E-state index in [4.69, 9.17) is 10.5 Å². The number of benzene rings is 1. The highest BCUT2D eigenvalue weighted by Gasteiger charge is 2.20. The fraction of sp³-hybridized carbons (Fsp3) is 0.625. The summed E-state index contributed by atoms with van der Waals surface area (Å²) in [6.45, 7) is 7.06. The normalized spacial score (nSPS) is 14.7. The van der Waals surface area contributed by atoms with Gasteiger partial charge in [-0.2, -0.15) is 0 Å². The minimum Gasteiger partial charge on any atom is -0.496 e. The second kappa shape index (κ2) is 7.60. The van der Waals surface area contributed by atoms with Crippen molar-refractivity contribution in [3.63, 3.8) is 0 Å². The first-order valence-electron chi connectivity index (χ1n) is 7.16. The Bertz CT molecular complexity index is 423. The third-order valence-corrected chi connectivity index (χ3v) is 3.98. The van der Waals surface area contributed by atoms with E-state index in [0.717, 1.165) is 13.0 Å². The average Bonchev–Trinajstić information content (AvgIpc) is 2.42. The molecule has 2 unspecified atom stereocenters. The van der Waals surface area contributed by atoms with Crippen LogP contribution in [0.4, 0.5) is 4.39 Å². The van der Waals surface area contributed by atoms with Crippen molar-refractivity contribution in [3.05, 3.63) is 29.6 Å². The lowest BCUT2D eigenvalue weighted by molar-refractivity contribution is 0.233. The topological polar surface area (TPSA) is 38.5 Å². The van der Waals surface area contributed by atoms with Crippen LogP contribution in [-0.4, -0.2) is 31.6 Å². The molecule has 2 atom stereocenters. The van der Waals surface area contributed by atoms with Crippen molar-refractivity contribution in [2.45, 2.75) is 39.3 Å². The molecular weight excluding hydrogens is 255 g/mol. The number of halogens is 1. The van der Waals surface area contributed by atoms with Crippen LogP contribution in [0, 0.1) is 11.7 Å². The minimum atomic E-state index is -0.225. The molecule has 0 spiro atoms. The maximum absolute atomic E-state index is 14.0. The van der Waals surface area contributed by atoms with Crippen molar-refractivity contribution in [2.75, 3.05) is 20.7 Å². The molecule has 1 rings (SSSR count). The second-order valence-corrected chi connectivity index (χ2v) is 5.71. The van der Waals surface area contributed by atoms with Crippen LogP contribution < -0.4 is 10.5 Å². The summed E-state index contributed by atoms with van der Waals surface area (Å²) in [4.78, 5) is 2.11. The van der Waals surface area contributed by atoms with Gasteiger partial charge in [-0.1, -0.05) is 19.9 Å². The van der Waals surface area contributed by atoms with Crippen molar-refractivity contribution in [1.29, 1.82) is 0 Å². The highest BCUT2D eigenvalue weighted by atomic mass is 19.1. The molecule has 0 aliphatic heterocycles. The van der Waals surface area contributed by atoms with Gasteiger partial charge in [-0.3, -0.25) is 4.90 Å². The lowest BCUT2D eigenvalue weighted by Gasteiger charge is -2.28. The van der Waals surface area contributed by atoms with Crippen LogP contribution in [0.3, 0.4) is 0 Å². The molecule has 0 aromatic heterocycles. The predicted molar refractivity (Wildman–Crippen MR) is 81.4 cm³/mol. The van der Waals surface area contributed by atoms with Crippen molar-refractivity contribution < 1.29 is 9.13 Å². The fourth-order valence-corrected chi connectivity index (χ4v) is 2.20. The second-order valence-electron chi connectivity index (χ2n) is 5.71. The van der Waals surface area contributed by atoms with E-state index in [1.54, 1.807) is 19.2 Å². The predicted octanol–water partition coefficient (Wildman–Crippen LogP) is 3.20. The Morgan fingerprint density at radius 1 is 1.30 bits per heavy atom. The zero-order valence-corrected chi connectivity index (χ0v) is 13.2. The summed E-state index contributed by atoms with van der Waals surface area (Å²) in [5.74, 6) is 0.830. The number of nitrogens with zero attached hydrogens (tertiary/aromatic N) is 1. The van der Waals surface area contributed by atoms with Crippen LogP contribution in [0.25, 0.3) is 0 Å². The van der Waals surface area contributed by atoms with Gasteiger partial charge >= 0.3 is 0 Å². The van der Waals surface area contributed by atoms with Crippen molar-refractivity contribution in [1.82, 2.24) is 4.90 Å². The first-order valence-corrected chi connectivity index (χ1v) is 7.16. The summed E-state index contributed by atoms with van der Waals surface area (Å²) in [5, 5.41) is 0. The molecule has 1 aromatic rings. The lowest BCUT2D eigenvalue weighted by Crippen LogP contribution is -2.33. The molecule has 3 nitrogen and oxygen atoms in total. The largest absolute Gasteiger partial charge is 0.496 e. The standard InChI is InChI=1S/C16H27FN2O/c1-11(2)14(18)9-10-19(4)12(3)16-13(17)7-6-8-15(16)20-5/h6-8,11-12,14H,9-10,18H2,1-5H3. The zero-order chi connectivity index (χ0) is 15.3. The van der Waals surface area contributed by atoms with Crippen molar-refractivity contribution in [2.24, 2.45) is 11.7 Å². The van der Waals surface area contributed by atoms with E-state index in [1.807, 2.05) is 14.0 Å². The van der Waals surface area contributed by atoms with Gasteiger partial charge in [0.1, 0.15) is 11.6 Å². The molecule has 0 aliphatic carbocycles. The molecule has 1 aromatic carbocycles. The molecule has 0 radical (unpaired) electrons. The zero-order valence-electron chi connectivity index (χ0n) is 13.2. The highest BCUT2D eigenvalue weighted by molar-refractivity contribution is 5.36. The van der Waals surface area contributed by atoms with Crippen molar-refractivity contribution >= 4 is 0 Å². The smallest absolute Gasteiger partial charge is 0.131 e. The van der Waals surface area contributed by atoms with Gasteiger partial charge in [-0.05, 0) is 45.0 Å². The Balaban J connectivity index is 2.76. The van der Waals surface area contributed by atoms with E-state index < -0.39 is 0 Å². The molecule has 114 valence electrons. The van der Waals surface area contributed by atoms with Gasteiger partial charge in [0, 0.05) is 17.6 Å². The number of nitrogens with two attached hydrogens (primary N) is 1. The quantitative estimate of drug-likeness (QED) is 0.834. The molecule has 2 N–H and O–H groups in total. The molecule has 0 bridgehead atoms. The van der Waals surface area contributed by atoms with Gasteiger partial charge in [0.05, 0.1) is 7.11 Å². The number of rotatable bonds is 7. The van der Waals surface area contributed by atoms with E-state index in [-0.39, 0.29) is 17.9 Å². The summed E-state index contributed by atoms with van der Waals surface area (Å²) in [6, 6.07) is 5.06.